The second-order valence-electron chi connectivity index (χ2n) is 41.4. The fraction of sp³-hybridized carbons (Fsp3) is 0.278. The van der Waals surface area contributed by atoms with Crippen molar-refractivity contribution in [3.05, 3.63) is 438 Å². The van der Waals surface area contributed by atoms with Gasteiger partial charge in [0.2, 0.25) is 0 Å². The van der Waals surface area contributed by atoms with Gasteiger partial charge in [-0.15, -0.1) is 0 Å². The molecule has 6 saturated carbocycles. The summed E-state index contributed by atoms with van der Waals surface area (Å²) in [6.07, 6.45) is 40.6. The van der Waals surface area contributed by atoms with Gasteiger partial charge < -0.3 is 23.8 Å². The molecule has 686 valence electrons. The number of hydrogen-bond acceptors (Lipinski definition) is 3. The Morgan fingerprint density at radius 2 is 0.449 bits per heavy atom. The molecule has 2 aromatic heterocycles. The normalized spacial score (nSPS) is 16.9. The van der Waals surface area contributed by atoms with E-state index in [-0.39, 0.29) is 5.41 Å². The lowest BCUT2D eigenvalue weighted by Gasteiger charge is -2.32. The monoisotopic (exact) mass is 1800 g/mol. The Balaban J connectivity index is 0.000000113. The van der Waals surface area contributed by atoms with Gasteiger partial charge in [-0.3, -0.25) is 0 Å². The largest absolute Gasteiger partial charge is 0.310 e. The van der Waals surface area contributed by atoms with E-state index in [1.165, 1.54) is 377 Å². The maximum atomic E-state index is 2.55. The number of rotatable bonds is 17. The Bertz CT molecular complexity index is 7030. The van der Waals surface area contributed by atoms with Gasteiger partial charge in [-0.05, 0) is 330 Å². The van der Waals surface area contributed by atoms with Crippen LogP contribution in [-0.4, -0.2) is 9.13 Å². The quantitative estimate of drug-likeness (QED) is 0.0906. The summed E-state index contributed by atoms with van der Waals surface area (Å²) in [6.45, 7) is 0. The van der Waals surface area contributed by atoms with Crippen LogP contribution in [0, 0.1) is 0 Å². The number of anilines is 9. The van der Waals surface area contributed by atoms with Crippen LogP contribution in [0.4, 0.5) is 51.2 Å². The van der Waals surface area contributed by atoms with Crippen molar-refractivity contribution in [2.45, 2.75) is 234 Å². The van der Waals surface area contributed by atoms with Crippen LogP contribution in [-0.2, 0) is 5.41 Å². The van der Waals surface area contributed by atoms with Gasteiger partial charge in [0.05, 0.1) is 33.2 Å². The average molecular weight is 1800 g/mol. The maximum absolute atomic E-state index is 2.55. The van der Waals surface area contributed by atoms with E-state index in [1.807, 2.05) is 0 Å². The first-order valence-electron chi connectivity index (χ1n) is 53.1. The van der Waals surface area contributed by atoms with Crippen molar-refractivity contribution in [1.82, 2.24) is 9.13 Å². The lowest BCUT2D eigenvalue weighted by Crippen LogP contribution is -2.26. The van der Waals surface area contributed by atoms with Crippen LogP contribution in [0.25, 0.3) is 77.2 Å². The number of nitrogens with zero attached hydrogens (tertiary/aromatic N) is 5. The Hall–Kier alpha value is -13.5. The van der Waals surface area contributed by atoms with Gasteiger partial charge in [-0.1, -0.05) is 352 Å². The molecule has 0 aliphatic heterocycles. The van der Waals surface area contributed by atoms with Gasteiger partial charge in [0, 0.05) is 84.0 Å². The molecule has 6 fully saturated rings. The topological polar surface area (TPSA) is 19.6 Å². The van der Waals surface area contributed by atoms with E-state index in [9.17, 15) is 0 Å². The van der Waals surface area contributed by atoms with Crippen LogP contribution in [0.3, 0.4) is 0 Å². The van der Waals surface area contributed by atoms with Gasteiger partial charge in [-0.2, -0.15) is 0 Å². The average Bonchev–Trinajstić information content (AvgIpc) is 1.50. The minimum Gasteiger partial charge on any atom is -0.310 e. The number of aromatic nitrogens is 2. The minimum atomic E-state index is -0.351. The van der Waals surface area contributed by atoms with Gasteiger partial charge in [0.25, 0.3) is 0 Å². The lowest BCUT2D eigenvalue weighted by atomic mass is 9.70. The van der Waals surface area contributed by atoms with Crippen molar-refractivity contribution < 1.29 is 0 Å². The third kappa shape index (κ3) is 16.7. The summed E-state index contributed by atoms with van der Waals surface area (Å²) in [4.78, 5) is 7.47. The number of hydrogen-bond donors (Lipinski definition) is 0. The summed E-state index contributed by atoms with van der Waals surface area (Å²) in [5.74, 6) is 4.22. The van der Waals surface area contributed by atoms with E-state index in [4.69, 9.17) is 0 Å². The lowest BCUT2D eigenvalue weighted by molar-refractivity contribution is 0.443. The van der Waals surface area contributed by atoms with Crippen molar-refractivity contribution in [2.24, 2.45) is 0 Å². The first kappa shape index (κ1) is 87.3. The first-order valence-corrected chi connectivity index (χ1v) is 53.1. The Morgan fingerprint density at radius 3 is 0.826 bits per heavy atom. The van der Waals surface area contributed by atoms with Crippen molar-refractivity contribution in [3.8, 4) is 33.6 Å². The van der Waals surface area contributed by atoms with Gasteiger partial charge in [-0.25, -0.2) is 0 Å². The molecule has 1 spiro atoms. The van der Waals surface area contributed by atoms with Crippen molar-refractivity contribution in [3.63, 3.8) is 0 Å². The number of benzene rings is 16. The van der Waals surface area contributed by atoms with Crippen molar-refractivity contribution in [1.29, 1.82) is 0 Å². The van der Waals surface area contributed by atoms with Gasteiger partial charge in [0.1, 0.15) is 0 Å². The predicted molar refractivity (Wildman–Crippen MR) is 583 cm³/mol. The highest BCUT2D eigenvalue weighted by atomic mass is 15.2. The molecule has 26 rings (SSSR count). The van der Waals surface area contributed by atoms with Crippen LogP contribution >= 0.6 is 0 Å². The standard InChI is InChI=1S/C49H45N.2C42H42N2/c1-3-14-34(15-4-1)36-26-30-38(31-27-36)50(39-32-28-37(29-33-39)35-16-5-2-6-17-35)47-25-13-24-46-48(47)42-20-9-12-23-45(42)49(46)43-21-10-7-18-40(43)41-19-8-11-22-44(41)49;1-4-12-31(13-5-1)33-20-24-36(25-21-33)43(37-26-22-34(23-27-37)32-14-6-2-7-15-32)38-28-29-42-40(30-38)39-18-10-11-19-41(39)44(42)35-16-8-3-9-17-35;1-4-12-31(13-5-1)33-20-24-36(25-21-33)43(37-26-22-34(23-27-37)32-14-6-2-7-15-32)38-28-29-40-39-18-10-11-19-41(39)44(42(40)30-38)35-16-8-3-9-17-35/h7-13,18-35H,1-6,14-17H2;2*3,8-11,16-32H,1-2,4-7,12-15H2. The summed E-state index contributed by atoms with van der Waals surface area (Å²) in [7, 11) is 0. The second-order valence-corrected chi connectivity index (χ2v) is 41.4. The molecule has 8 aliphatic rings. The Kier molecular flexibility index (Phi) is 24.8. The molecule has 0 amide bonds. The zero-order chi connectivity index (χ0) is 91.7. The molecule has 0 atom stereocenters. The van der Waals surface area contributed by atoms with E-state index in [2.05, 4.69) is 406 Å². The molecule has 16 aromatic carbocycles. The minimum absolute atomic E-state index is 0.351. The van der Waals surface area contributed by atoms with E-state index in [1.54, 1.807) is 0 Å². The van der Waals surface area contributed by atoms with Crippen LogP contribution in [0.2, 0.25) is 0 Å². The molecule has 5 heteroatoms. The third-order valence-electron chi connectivity index (χ3n) is 33.5. The first-order chi connectivity index (χ1) is 68.5. The zero-order valence-electron chi connectivity index (χ0n) is 80.3. The van der Waals surface area contributed by atoms with Crippen LogP contribution < -0.4 is 14.7 Å². The molecular formula is C133H129N5. The molecule has 2 heterocycles. The fourth-order valence-corrected chi connectivity index (χ4v) is 26.5. The fourth-order valence-electron chi connectivity index (χ4n) is 26.5. The number of para-hydroxylation sites is 4. The molecule has 0 radical (unpaired) electrons. The van der Waals surface area contributed by atoms with Gasteiger partial charge >= 0.3 is 0 Å². The Morgan fingerprint density at radius 1 is 0.181 bits per heavy atom. The predicted octanol–water partition coefficient (Wildman–Crippen LogP) is 38.3. The third-order valence-corrected chi connectivity index (χ3v) is 33.5. The summed E-state index contributed by atoms with van der Waals surface area (Å²) < 4.78 is 4.82. The molecule has 138 heavy (non-hydrogen) atoms. The smallest absolute Gasteiger partial charge is 0.0726 e. The van der Waals surface area contributed by atoms with Crippen LogP contribution in [0.15, 0.2) is 382 Å². The SMILES string of the molecule is c1ccc(-n2c3ccccc3c3cc(N(c4ccc(C5CCCCC5)cc4)c4ccc(C5CCCCC5)cc4)ccc32)cc1.c1ccc(-n2c3ccccc3c3ccc(N(c4ccc(C5CCCCC5)cc4)c4ccc(C5CCCCC5)cc4)cc32)cc1.c1ccc2c(c1)-c1ccccc1C21c2ccccc2-c2c(N(c3ccc(C4CCCCC4)cc3)c3ccc(C4CCCCC4)cc3)cccc21. The molecule has 5 nitrogen and oxygen atoms in total. The van der Waals surface area contributed by atoms with E-state index < -0.39 is 0 Å². The molecule has 0 N–H and O–H groups in total. The van der Waals surface area contributed by atoms with E-state index >= 15 is 0 Å². The van der Waals surface area contributed by atoms with Crippen molar-refractivity contribution in [2.75, 3.05) is 14.7 Å². The molecule has 0 saturated heterocycles. The highest BCUT2D eigenvalue weighted by Crippen LogP contribution is 2.65. The maximum Gasteiger partial charge on any atom is 0.0726 e. The van der Waals surface area contributed by atoms with Crippen molar-refractivity contribution >= 4 is 94.8 Å². The second kappa shape index (κ2) is 39.2. The highest BCUT2D eigenvalue weighted by Gasteiger charge is 2.52. The molecule has 0 unspecified atom stereocenters. The number of fused-ring (bicyclic) bond motifs is 16. The summed E-state index contributed by atoms with van der Waals surface area (Å²) in [5, 5.41) is 5.14. The summed E-state index contributed by atoms with van der Waals surface area (Å²) in [5.41, 5.74) is 37.9. The Labute approximate surface area is 817 Å². The van der Waals surface area contributed by atoms with Crippen LogP contribution in [0.5, 0.6) is 0 Å². The summed E-state index contributed by atoms with van der Waals surface area (Å²) in [6, 6.07) is 145. The molecule has 18 aromatic rings. The molecule has 0 bridgehead atoms. The molecule has 8 aliphatic carbocycles. The zero-order valence-corrected chi connectivity index (χ0v) is 80.3. The van der Waals surface area contributed by atoms with E-state index in [0.717, 1.165) is 0 Å². The van der Waals surface area contributed by atoms with E-state index in [0.29, 0.717) is 35.5 Å². The molecular weight excluding hydrogens is 1670 g/mol. The van der Waals surface area contributed by atoms with Gasteiger partial charge in [0.15, 0.2) is 0 Å². The highest BCUT2D eigenvalue weighted by molar-refractivity contribution is 6.12. The summed E-state index contributed by atoms with van der Waals surface area (Å²) >= 11 is 0. The van der Waals surface area contributed by atoms with Crippen LogP contribution in [0.1, 0.15) is 284 Å².